The molecule has 0 unspecified atom stereocenters. The number of amides is 1. The zero-order valence-corrected chi connectivity index (χ0v) is 16.0. The van der Waals surface area contributed by atoms with Crippen LogP contribution in [0.4, 0.5) is 5.69 Å². The highest BCUT2D eigenvalue weighted by Gasteiger charge is 2.27. The molecule has 0 fully saturated rings. The van der Waals surface area contributed by atoms with Gasteiger partial charge in [-0.1, -0.05) is 20.8 Å². The lowest BCUT2D eigenvalue weighted by molar-refractivity contribution is -0.385. The number of hydrogen-bond acceptors (Lipinski definition) is 6. The van der Waals surface area contributed by atoms with Crippen molar-refractivity contribution in [2.24, 2.45) is 5.41 Å². The number of carbonyl (C=O) groups excluding carboxylic acids is 2. The Morgan fingerprint density at radius 1 is 1.19 bits per heavy atom. The molecule has 8 nitrogen and oxygen atoms in total. The molecule has 0 aromatic heterocycles. The summed E-state index contributed by atoms with van der Waals surface area (Å²) in [7, 11) is 1.18. The number of esters is 1. The highest BCUT2D eigenvalue weighted by atomic mass is 16.6. The fourth-order valence-corrected chi connectivity index (χ4v) is 2.95. The number of rotatable bonds is 7. The first-order chi connectivity index (χ1) is 11.8. The van der Waals surface area contributed by atoms with Crippen LogP contribution in [0.2, 0.25) is 0 Å². The summed E-state index contributed by atoms with van der Waals surface area (Å²) >= 11 is 0. The molecule has 0 radical (unpaired) electrons. The minimum absolute atomic E-state index is 0.0279. The molecule has 0 heterocycles. The van der Waals surface area contributed by atoms with Gasteiger partial charge in [0.05, 0.1) is 17.6 Å². The van der Waals surface area contributed by atoms with E-state index in [4.69, 9.17) is 4.74 Å². The third-order valence-electron chi connectivity index (χ3n) is 3.39. The van der Waals surface area contributed by atoms with Gasteiger partial charge in [0.15, 0.2) is 12.4 Å². The maximum Gasteiger partial charge on any atom is 0.338 e. The zero-order valence-electron chi connectivity index (χ0n) is 16.0. The Labute approximate surface area is 153 Å². The summed E-state index contributed by atoms with van der Waals surface area (Å²) in [6.45, 7) is 9.66. The number of carbonyl (C=O) groups is 2. The van der Waals surface area contributed by atoms with E-state index in [1.165, 1.54) is 19.2 Å². The van der Waals surface area contributed by atoms with E-state index in [9.17, 15) is 19.7 Å². The van der Waals surface area contributed by atoms with Gasteiger partial charge in [0.1, 0.15) is 0 Å². The maximum atomic E-state index is 12.1. The van der Waals surface area contributed by atoms with E-state index in [2.05, 4.69) is 30.8 Å². The normalized spacial score (nSPS) is 11.6. The van der Waals surface area contributed by atoms with Crippen LogP contribution in [0.15, 0.2) is 18.2 Å². The highest BCUT2D eigenvalue weighted by molar-refractivity contribution is 5.90. The van der Waals surface area contributed by atoms with Crippen molar-refractivity contribution < 1.29 is 24.0 Å². The van der Waals surface area contributed by atoms with Crippen molar-refractivity contribution >= 4 is 17.6 Å². The molecule has 1 aromatic rings. The van der Waals surface area contributed by atoms with Crippen molar-refractivity contribution in [3.8, 4) is 5.75 Å². The second-order valence-electron chi connectivity index (χ2n) is 7.89. The van der Waals surface area contributed by atoms with Gasteiger partial charge in [-0.15, -0.1) is 0 Å². The van der Waals surface area contributed by atoms with Crippen LogP contribution < -0.4 is 10.1 Å². The molecular weight excluding hydrogens is 340 g/mol. The number of nitrogens with zero attached hydrogens (tertiary/aromatic N) is 1. The Bertz CT molecular complexity index is 691. The molecule has 1 aromatic carbocycles. The molecule has 0 saturated heterocycles. The molecular formula is C18H26N2O6. The first kappa shape index (κ1) is 21.4. The van der Waals surface area contributed by atoms with Crippen molar-refractivity contribution in [1.29, 1.82) is 0 Å². The topological polar surface area (TPSA) is 108 Å². The van der Waals surface area contributed by atoms with Gasteiger partial charge < -0.3 is 14.8 Å². The summed E-state index contributed by atoms with van der Waals surface area (Å²) in [5, 5.41) is 14.1. The van der Waals surface area contributed by atoms with E-state index in [0.29, 0.717) is 0 Å². The number of benzene rings is 1. The standard InChI is InChI=1S/C18H26N2O6/c1-17(2,3)11-18(4,5)19-15(21)10-26-14-8-7-12(16(22)25-6)9-13(14)20(23)24/h7-9H,10-11H2,1-6H3,(H,19,21). The van der Waals surface area contributed by atoms with Crippen LogP contribution in [0.25, 0.3) is 0 Å². The largest absolute Gasteiger partial charge is 0.477 e. The van der Waals surface area contributed by atoms with Crippen LogP contribution in [-0.2, 0) is 9.53 Å². The fraction of sp³-hybridized carbons (Fsp3) is 0.556. The van der Waals surface area contributed by atoms with E-state index in [0.717, 1.165) is 12.5 Å². The van der Waals surface area contributed by atoms with Crippen LogP contribution >= 0.6 is 0 Å². The van der Waals surface area contributed by atoms with Crippen molar-refractivity contribution in [2.45, 2.75) is 46.6 Å². The van der Waals surface area contributed by atoms with Gasteiger partial charge in [-0.2, -0.15) is 0 Å². The third kappa shape index (κ3) is 6.70. The van der Waals surface area contributed by atoms with Gasteiger partial charge in [-0.25, -0.2) is 4.79 Å². The lowest BCUT2D eigenvalue weighted by Gasteiger charge is -2.33. The Kier molecular flexibility index (Phi) is 6.72. The van der Waals surface area contributed by atoms with E-state index in [1.807, 2.05) is 13.8 Å². The second kappa shape index (κ2) is 8.16. The Morgan fingerprint density at radius 3 is 2.31 bits per heavy atom. The van der Waals surface area contributed by atoms with Gasteiger partial charge in [0.2, 0.25) is 0 Å². The van der Waals surface area contributed by atoms with Crippen LogP contribution in [0, 0.1) is 15.5 Å². The SMILES string of the molecule is COC(=O)c1ccc(OCC(=O)NC(C)(C)CC(C)(C)C)c([N+](=O)[O-])c1. The van der Waals surface area contributed by atoms with E-state index in [1.54, 1.807) is 0 Å². The van der Waals surface area contributed by atoms with Gasteiger partial charge in [-0.3, -0.25) is 14.9 Å². The van der Waals surface area contributed by atoms with E-state index >= 15 is 0 Å². The van der Waals surface area contributed by atoms with Crippen molar-refractivity contribution in [3.63, 3.8) is 0 Å². The highest BCUT2D eigenvalue weighted by Crippen LogP contribution is 2.29. The number of hydrogen-bond donors (Lipinski definition) is 1. The average Bonchev–Trinajstić information content (AvgIpc) is 2.48. The quantitative estimate of drug-likeness (QED) is 0.451. The predicted molar refractivity (Wildman–Crippen MR) is 96.2 cm³/mol. The minimum atomic E-state index is -0.693. The third-order valence-corrected chi connectivity index (χ3v) is 3.39. The molecule has 0 bridgehead atoms. The number of nitro benzene ring substituents is 1. The summed E-state index contributed by atoms with van der Waals surface area (Å²) in [6, 6.07) is 3.68. The van der Waals surface area contributed by atoms with Gasteiger partial charge in [-0.05, 0) is 37.8 Å². The molecule has 1 N–H and O–H groups in total. The van der Waals surface area contributed by atoms with Crippen LogP contribution in [0.3, 0.4) is 0 Å². The van der Waals surface area contributed by atoms with Crippen LogP contribution in [0.1, 0.15) is 51.4 Å². The van der Waals surface area contributed by atoms with Gasteiger partial charge in [0.25, 0.3) is 5.91 Å². The first-order valence-corrected chi connectivity index (χ1v) is 8.15. The molecule has 1 rings (SSSR count). The fourth-order valence-electron chi connectivity index (χ4n) is 2.95. The first-order valence-electron chi connectivity index (χ1n) is 8.15. The molecule has 1 amide bonds. The summed E-state index contributed by atoms with van der Waals surface area (Å²) in [4.78, 5) is 34.1. The Hall–Kier alpha value is -2.64. The predicted octanol–water partition coefficient (Wildman–Crippen LogP) is 3.09. The summed E-state index contributed by atoms with van der Waals surface area (Å²) in [5.74, 6) is -1.17. The molecule has 26 heavy (non-hydrogen) atoms. The van der Waals surface area contributed by atoms with Crippen molar-refractivity contribution in [2.75, 3.05) is 13.7 Å². The summed E-state index contributed by atoms with van der Waals surface area (Å²) < 4.78 is 9.84. The van der Waals surface area contributed by atoms with Crippen LogP contribution in [0.5, 0.6) is 5.75 Å². The number of nitrogens with one attached hydrogen (secondary N) is 1. The summed E-state index contributed by atoms with van der Waals surface area (Å²) in [6.07, 6.45) is 0.750. The maximum absolute atomic E-state index is 12.1. The minimum Gasteiger partial charge on any atom is -0.477 e. The van der Waals surface area contributed by atoms with E-state index < -0.39 is 22.1 Å². The average molecular weight is 366 g/mol. The second-order valence-corrected chi connectivity index (χ2v) is 7.89. The molecule has 8 heteroatoms. The van der Waals surface area contributed by atoms with Gasteiger partial charge in [0, 0.05) is 11.6 Å². The lowest BCUT2D eigenvalue weighted by Crippen LogP contribution is -2.47. The zero-order chi connectivity index (χ0) is 20.1. The molecule has 0 aliphatic carbocycles. The molecule has 0 aliphatic heterocycles. The lowest BCUT2D eigenvalue weighted by atomic mass is 9.82. The molecule has 0 aliphatic rings. The number of nitro groups is 1. The smallest absolute Gasteiger partial charge is 0.338 e. The monoisotopic (exact) mass is 366 g/mol. The van der Waals surface area contributed by atoms with Crippen molar-refractivity contribution in [3.05, 3.63) is 33.9 Å². The molecule has 144 valence electrons. The van der Waals surface area contributed by atoms with Crippen molar-refractivity contribution in [1.82, 2.24) is 5.32 Å². The van der Waals surface area contributed by atoms with Gasteiger partial charge >= 0.3 is 11.7 Å². The molecule has 0 atom stereocenters. The molecule has 0 spiro atoms. The molecule has 0 saturated carbocycles. The Morgan fingerprint density at radius 2 is 1.81 bits per heavy atom. The van der Waals surface area contributed by atoms with E-state index in [-0.39, 0.29) is 29.2 Å². The summed E-state index contributed by atoms with van der Waals surface area (Å²) in [5.41, 5.74) is -0.795. The number of methoxy groups -OCH3 is 1. The Balaban J connectivity index is 2.82. The van der Waals surface area contributed by atoms with Crippen LogP contribution in [-0.4, -0.2) is 36.1 Å². The number of ether oxygens (including phenoxy) is 2.